The number of nitrogens with one attached hydrogen (secondary N) is 1. The van der Waals surface area contributed by atoms with E-state index in [4.69, 9.17) is 5.26 Å². The van der Waals surface area contributed by atoms with Crippen LogP contribution in [0.15, 0.2) is 23.1 Å². The van der Waals surface area contributed by atoms with Crippen LogP contribution in [-0.4, -0.2) is 25.5 Å². The van der Waals surface area contributed by atoms with E-state index in [-0.39, 0.29) is 9.64 Å². The monoisotopic (exact) mass is 310 g/mol. The van der Waals surface area contributed by atoms with Crippen LogP contribution >= 0.6 is 11.8 Å². The van der Waals surface area contributed by atoms with E-state index >= 15 is 0 Å². The molecule has 1 fully saturated rings. The maximum absolute atomic E-state index is 12.3. The molecular formula is C14H18N2O2S2. The van der Waals surface area contributed by atoms with Gasteiger partial charge in [-0.05, 0) is 56.2 Å². The van der Waals surface area contributed by atoms with Crippen LogP contribution in [0.3, 0.4) is 0 Å². The topological polar surface area (TPSA) is 70.0 Å². The van der Waals surface area contributed by atoms with Gasteiger partial charge in [0.15, 0.2) is 0 Å². The van der Waals surface area contributed by atoms with Crippen molar-refractivity contribution in [2.24, 2.45) is 0 Å². The summed E-state index contributed by atoms with van der Waals surface area (Å²) in [4.78, 5) is 0.253. The van der Waals surface area contributed by atoms with Crippen molar-refractivity contribution in [1.29, 1.82) is 5.26 Å². The Morgan fingerprint density at radius 2 is 2.25 bits per heavy atom. The van der Waals surface area contributed by atoms with Gasteiger partial charge in [0.2, 0.25) is 10.0 Å². The molecule has 1 unspecified atom stereocenters. The molecule has 1 heterocycles. The van der Waals surface area contributed by atoms with Crippen LogP contribution < -0.4 is 4.72 Å². The molecule has 0 aromatic heterocycles. The van der Waals surface area contributed by atoms with Crippen LogP contribution in [0.5, 0.6) is 0 Å². The van der Waals surface area contributed by atoms with E-state index in [1.54, 1.807) is 13.0 Å². The van der Waals surface area contributed by atoms with Crippen molar-refractivity contribution in [3.63, 3.8) is 0 Å². The van der Waals surface area contributed by atoms with Gasteiger partial charge < -0.3 is 0 Å². The zero-order chi connectivity index (χ0) is 14.8. The average Bonchev–Trinajstić information content (AvgIpc) is 2.84. The smallest absolute Gasteiger partial charge is 0.210 e. The molecule has 0 amide bonds. The Kier molecular flexibility index (Phi) is 4.43. The third kappa shape index (κ3) is 3.35. The van der Waals surface area contributed by atoms with Gasteiger partial charge in [-0.3, -0.25) is 0 Å². The van der Waals surface area contributed by atoms with Crippen molar-refractivity contribution in [2.45, 2.75) is 36.3 Å². The molecule has 108 valence electrons. The minimum Gasteiger partial charge on any atom is -0.210 e. The van der Waals surface area contributed by atoms with Crippen LogP contribution in [-0.2, 0) is 10.0 Å². The van der Waals surface area contributed by atoms with Gasteiger partial charge in [-0.1, -0.05) is 0 Å². The lowest BCUT2D eigenvalue weighted by Crippen LogP contribution is -2.36. The first-order valence-electron chi connectivity index (χ1n) is 6.51. The van der Waals surface area contributed by atoms with Gasteiger partial charge in [0.05, 0.1) is 16.5 Å². The third-order valence-corrected chi connectivity index (χ3v) is 6.63. The second-order valence-electron chi connectivity index (χ2n) is 5.32. The SMILES string of the molecule is Cc1cc(C#N)ccc1S(=O)(=O)NCC1(C)CCCS1. The van der Waals surface area contributed by atoms with Gasteiger partial charge in [0.25, 0.3) is 0 Å². The molecular weight excluding hydrogens is 292 g/mol. The molecule has 1 aliphatic heterocycles. The fourth-order valence-corrected chi connectivity index (χ4v) is 5.05. The maximum Gasteiger partial charge on any atom is 0.240 e. The minimum absolute atomic E-state index is 0.00638. The Bertz CT molecular complexity index is 642. The average molecular weight is 310 g/mol. The van der Waals surface area contributed by atoms with Gasteiger partial charge in [0, 0.05) is 11.3 Å². The first-order chi connectivity index (χ1) is 9.36. The number of sulfonamides is 1. The first kappa shape index (κ1) is 15.4. The highest BCUT2D eigenvalue weighted by Gasteiger charge is 2.31. The summed E-state index contributed by atoms with van der Waals surface area (Å²) in [6, 6.07) is 6.64. The summed E-state index contributed by atoms with van der Waals surface area (Å²) in [6.07, 6.45) is 2.17. The lowest BCUT2D eigenvalue weighted by molar-refractivity contribution is 0.552. The molecule has 1 aliphatic rings. The number of thioether (sulfide) groups is 1. The van der Waals surface area contributed by atoms with E-state index in [9.17, 15) is 8.42 Å². The number of benzene rings is 1. The molecule has 6 heteroatoms. The fraction of sp³-hybridized carbons (Fsp3) is 0.500. The Morgan fingerprint density at radius 1 is 1.50 bits per heavy atom. The maximum atomic E-state index is 12.3. The molecule has 0 bridgehead atoms. The van der Waals surface area contributed by atoms with E-state index in [1.165, 1.54) is 12.1 Å². The van der Waals surface area contributed by atoms with E-state index in [2.05, 4.69) is 11.6 Å². The van der Waals surface area contributed by atoms with Gasteiger partial charge in [-0.25, -0.2) is 13.1 Å². The van der Waals surface area contributed by atoms with Crippen molar-refractivity contribution in [3.05, 3.63) is 29.3 Å². The Labute approximate surface area is 124 Å². The highest BCUT2D eigenvalue weighted by molar-refractivity contribution is 8.01. The molecule has 4 nitrogen and oxygen atoms in total. The zero-order valence-corrected chi connectivity index (χ0v) is 13.3. The van der Waals surface area contributed by atoms with Crippen LogP contribution in [0.1, 0.15) is 30.9 Å². The Hall–Kier alpha value is -1.03. The minimum atomic E-state index is -3.51. The molecule has 0 spiro atoms. The third-order valence-electron chi connectivity index (χ3n) is 3.53. The number of hydrogen-bond acceptors (Lipinski definition) is 4. The van der Waals surface area contributed by atoms with Gasteiger partial charge in [-0.15, -0.1) is 0 Å². The molecule has 1 atom stereocenters. The highest BCUT2D eigenvalue weighted by Crippen LogP contribution is 2.37. The summed E-state index contributed by atoms with van der Waals surface area (Å²) < 4.78 is 27.4. The van der Waals surface area contributed by atoms with Crippen molar-refractivity contribution >= 4 is 21.8 Å². The largest absolute Gasteiger partial charge is 0.240 e. The van der Waals surface area contributed by atoms with E-state index in [0.29, 0.717) is 17.7 Å². The molecule has 1 saturated heterocycles. The summed E-state index contributed by atoms with van der Waals surface area (Å²) in [5, 5.41) is 8.82. The normalized spacial score (nSPS) is 22.6. The van der Waals surface area contributed by atoms with Crippen LogP contribution in [0.2, 0.25) is 0 Å². The van der Waals surface area contributed by atoms with Crippen molar-refractivity contribution in [2.75, 3.05) is 12.3 Å². The second kappa shape index (κ2) is 5.76. The molecule has 0 aliphatic carbocycles. The number of nitriles is 1. The molecule has 1 aromatic rings. The van der Waals surface area contributed by atoms with Crippen molar-refractivity contribution < 1.29 is 8.42 Å². The van der Waals surface area contributed by atoms with Crippen molar-refractivity contribution in [1.82, 2.24) is 4.72 Å². The zero-order valence-electron chi connectivity index (χ0n) is 11.6. The fourth-order valence-electron chi connectivity index (χ4n) is 2.32. The van der Waals surface area contributed by atoms with Gasteiger partial charge in [-0.2, -0.15) is 17.0 Å². The van der Waals surface area contributed by atoms with E-state index in [0.717, 1.165) is 18.6 Å². The summed E-state index contributed by atoms with van der Waals surface area (Å²) in [7, 11) is -3.51. The first-order valence-corrected chi connectivity index (χ1v) is 8.98. The number of nitrogens with zero attached hydrogens (tertiary/aromatic N) is 1. The van der Waals surface area contributed by atoms with E-state index in [1.807, 2.05) is 17.8 Å². The quantitative estimate of drug-likeness (QED) is 0.927. The van der Waals surface area contributed by atoms with E-state index < -0.39 is 10.0 Å². The van der Waals surface area contributed by atoms with Crippen molar-refractivity contribution in [3.8, 4) is 6.07 Å². The predicted octanol–water partition coefficient (Wildman–Crippen LogP) is 2.43. The lowest BCUT2D eigenvalue weighted by Gasteiger charge is -2.23. The van der Waals surface area contributed by atoms with Crippen LogP contribution in [0.25, 0.3) is 0 Å². The second-order valence-corrected chi connectivity index (χ2v) is 8.74. The summed E-state index contributed by atoms with van der Waals surface area (Å²) >= 11 is 1.82. The summed E-state index contributed by atoms with van der Waals surface area (Å²) in [6.45, 7) is 4.25. The molecule has 1 N–H and O–H groups in total. The van der Waals surface area contributed by atoms with Crippen LogP contribution in [0.4, 0.5) is 0 Å². The predicted molar refractivity (Wildman–Crippen MR) is 81.2 cm³/mol. The Balaban J connectivity index is 2.16. The standard InChI is InChI=1S/C14H18N2O2S2/c1-11-8-12(9-15)4-5-13(11)20(17,18)16-10-14(2)6-3-7-19-14/h4-5,8,16H,3,6-7,10H2,1-2H3. The molecule has 0 radical (unpaired) electrons. The highest BCUT2D eigenvalue weighted by atomic mass is 32.2. The number of hydrogen-bond donors (Lipinski definition) is 1. The molecule has 0 saturated carbocycles. The number of rotatable bonds is 4. The Morgan fingerprint density at radius 3 is 2.80 bits per heavy atom. The van der Waals surface area contributed by atoms with Crippen LogP contribution in [0, 0.1) is 18.3 Å². The lowest BCUT2D eigenvalue weighted by atomic mass is 10.1. The van der Waals surface area contributed by atoms with Gasteiger partial charge >= 0.3 is 0 Å². The molecule has 2 rings (SSSR count). The summed E-state index contributed by atoms with van der Waals surface area (Å²) in [5.74, 6) is 1.09. The van der Waals surface area contributed by atoms with Gasteiger partial charge in [0.1, 0.15) is 0 Å². The molecule has 1 aromatic carbocycles. The molecule has 20 heavy (non-hydrogen) atoms. The summed E-state index contributed by atoms with van der Waals surface area (Å²) in [5.41, 5.74) is 1.07. The number of aryl methyl sites for hydroxylation is 1.